The highest BCUT2D eigenvalue weighted by Crippen LogP contribution is 2.14. The van der Waals surface area contributed by atoms with E-state index in [1.165, 1.54) is 0 Å². The lowest BCUT2D eigenvalue weighted by molar-refractivity contribution is 0.764. The fourth-order valence-corrected chi connectivity index (χ4v) is 0.934. The Bertz CT molecular complexity index is 285. The second kappa shape index (κ2) is 7.15. The molecule has 1 heteroatoms. The molecule has 0 N–H and O–H groups in total. The number of hydrogen-bond donors (Lipinski definition) is 0. The van der Waals surface area contributed by atoms with Crippen molar-refractivity contribution < 1.29 is 0 Å². The molecule has 0 radical (unpaired) electrons. The van der Waals surface area contributed by atoms with Crippen molar-refractivity contribution >= 4 is 0 Å². The maximum Gasteiger partial charge on any atom is 0.0991 e. The van der Waals surface area contributed by atoms with Gasteiger partial charge < -0.3 is 0 Å². The third kappa shape index (κ3) is 4.67. The molecule has 0 aromatic heterocycles. The Hall–Kier alpha value is -1.29. The minimum atomic E-state index is 0.435. The van der Waals surface area contributed by atoms with Gasteiger partial charge in [-0.1, -0.05) is 44.6 Å². The zero-order chi connectivity index (χ0) is 11.0. The van der Waals surface area contributed by atoms with E-state index in [1.807, 2.05) is 25.2 Å². The number of nitriles is 1. The van der Waals surface area contributed by atoms with Gasteiger partial charge in [-0.05, 0) is 25.3 Å². The first-order valence-corrected chi connectivity index (χ1v) is 5.07. The van der Waals surface area contributed by atoms with Gasteiger partial charge in [-0.15, -0.1) is 0 Å². The third-order valence-corrected chi connectivity index (χ3v) is 2.16. The van der Waals surface area contributed by atoms with Crippen LogP contribution >= 0.6 is 0 Å². The van der Waals surface area contributed by atoms with Gasteiger partial charge in [-0.3, -0.25) is 0 Å². The Labute approximate surface area is 87.4 Å². The molecule has 1 nitrogen and oxygen atoms in total. The second-order valence-corrected chi connectivity index (χ2v) is 3.56. The average molecular weight is 189 g/mol. The molecule has 14 heavy (non-hydrogen) atoms. The highest BCUT2D eigenvalue weighted by atomic mass is 14.2. The first kappa shape index (κ1) is 12.7. The lowest BCUT2D eigenvalue weighted by Crippen LogP contribution is -1.92. The maximum absolute atomic E-state index is 8.92. The van der Waals surface area contributed by atoms with Crippen LogP contribution in [0, 0.1) is 17.2 Å². The summed E-state index contributed by atoms with van der Waals surface area (Å²) < 4.78 is 0. The highest BCUT2D eigenvalue weighted by Gasteiger charge is 2.01. The van der Waals surface area contributed by atoms with Crippen LogP contribution < -0.4 is 0 Å². The molecule has 0 rings (SSSR count). The van der Waals surface area contributed by atoms with E-state index in [-0.39, 0.29) is 0 Å². The molecular weight excluding hydrogens is 170 g/mol. The quantitative estimate of drug-likeness (QED) is 0.484. The van der Waals surface area contributed by atoms with Crippen molar-refractivity contribution in [3.05, 3.63) is 35.5 Å². The van der Waals surface area contributed by atoms with Gasteiger partial charge in [0, 0.05) is 0 Å². The van der Waals surface area contributed by atoms with Gasteiger partial charge in [0.2, 0.25) is 0 Å². The molecular formula is C13H19N. The van der Waals surface area contributed by atoms with Gasteiger partial charge in [0.15, 0.2) is 0 Å². The van der Waals surface area contributed by atoms with Crippen LogP contribution in [0.3, 0.4) is 0 Å². The van der Waals surface area contributed by atoms with E-state index in [1.54, 1.807) is 0 Å². The molecule has 0 aromatic rings. The summed E-state index contributed by atoms with van der Waals surface area (Å²) in [6.07, 6.45) is 8.87. The Morgan fingerprint density at radius 2 is 2.00 bits per heavy atom. The second-order valence-electron chi connectivity index (χ2n) is 3.56. The zero-order valence-electron chi connectivity index (χ0n) is 9.54. The van der Waals surface area contributed by atoms with Crippen LogP contribution in [-0.4, -0.2) is 0 Å². The number of nitrogens with zero attached hydrogens (tertiary/aromatic N) is 1. The summed E-state index contributed by atoms with van der Waals surface area (Å²) in [5.74, 6) is 0.435. The molecule has 76 valence electrons. The molecule has 0 aliphatic heterocycles. The van der Waals surface area contributed by atoms with Crippen molar-refractivity contribution in [1.29, 1.82) is 5.26 Å². The van der Waals surface area contributed by atoms with Gasteiger partial charge >= 0.3 is 0 Å². The lowest BCUT2D eigenvalue weighted by atomic mass is 9.99. The van der Waals surface area contributed by atoms with Crippen LogP contribution in [0.1, 0.15) is 34.1 Å². The SMILES string of the molecule is CC/C=C/C=C\C(C#N)=C(/C)C(C)C. The summed E-state index contributed by atoms with van der Waals surface area (Å²) in [7, 11) is 0. The summed E-state index contributed by atoms with van der Waals surface area (Å²) in [5, 5.41) is 8.92. The van der Waals surface area contributed by atoms with Crippen molar-refractivity contribution in [2.24, 2.45) is 5.92 Å². The van der Waals surface area contributed by atoms with Crippen LogP contribution in [-0.2, 0) is 0 Å². The van der Waals surface area contributed by atoms with Gasteiger partial charge in [-0.25, -0.2) is 0 Å². The van der Waals surface area contributed by atoms with Crippen LogP contribution in [0.4, 0.5) is 0 Å². The molecule has 0 aliphatic rings. The molecule has 0 saturated heterocycles. The lowest BCUT2D eigenvalue weighted by Gasteiger charge is -2.05. The van der Waals surface area contributed by atoms with E-state index in [2.05, 4.69) is 32.9 Å². The minimum absolute atomic E-state index is 0.435. The molecule has 0 bridgehead atoms. The molecule has 0 fully saturated rings. The fourth-order valence-electron chi connectivity index (χ4n) is 0.934. The monoisotopic (exact) mass is 189 g/mol. The average Bonchev–Trinajstić information content (AvgIpc) is 2.17. The smallest absolute Gasteiger partial charge is 0.0991 e. The molecule has 0 aliphatic carbocycles. The van der Waals surface area contributed by atoms with Crippen molar-refractivity contribution in [1.82, 2.24) is 0 Å². The molecule has 0 aromatic carbocycles. The van der Waals surface area contributed by atoms with Crippen LogP contribution in [0.25, 0.3) is 0 Å². The topological polar surface area (TPSA) is 23.8 Å². The van der Waals surface area contributed by atoms with Gasteiger partial charge in [0.25, 0.3) is 0 Å². The van der Waals surface area contributed by atoms with Crippen LogP contribution in [0.5, 0.6) is 0 Å². The zero-order valence-corrected chi connectivity index (χ0v) is 9.54. The first-order valence-electron chi connectivity index (χ1n) is 5.07. The third-order valence-electron chi connectivity index (χ3n) is 2.16. The minimum Gasteiger partial charge on any atom is -0.192 e. The first-order chi connectivity index (χ1) is 6.63. The van der Waals surface area contributed by atoms with Gasteiger partial charge in [0.1, 0.15) is 0 Å². The Balaban J connectivity index is 4.61. The Kier molecular flexibility index (Phi) is 6.49. The Morgan fingerprint density at radius 3 is 2.43 bits per heavy atom. The summed E-state index contributed by atoms with van der Waals surface area (Å²) in [4.78, 5) is 0. The molecule has 0 unspecified atom stereocenters. The largest absolute Gasteiger partial charge is 0.192 e. The van der Waals surface area contributed by atoms with E-state index in [0.29, 0.717) is 5.92 Å². The van der Waals surface area contributed by atoms with Gasteiger partial charge in [0.05, 0.1) is 11.6 Å². The standard InChI is InChI=1S/C13H19N/c1-5-6-7-8-9-13(10-14)12(4)11(2)3/h6-9,11H,5H2,1-4H3/b7-6+,9-8-,13-12-. The van der Waals surface area contributed by atoms with Crippen molar-refractivity contribution in [2.75, 3.05) is 0 Å². The normalized spacial score (nSPS) is 13.7. The number of allylic oxidation sites excluding steroid dienone is 6. The molecule has 0 spiro atoms. The maximum atomic E-state index is 8.92. The molecule has 0 saturated carbocycles. The summed E-state index contributed by atoms with van der Waals surface area (Å²) in [6, 6.07) is 2.22. The van der Waals surface area contributed by atoms with E-state index in [0.717, 1.165) is 17.6 Å². The highest BCUT2D eigenvalue weighted by molar-refractivity contribution is 5.38. The predicted molar refractivity (Wildman–Crippen MR) is 61.7 cm³/mol. The summed E-state index contributed by atoms with van der Waals surface area (Å²) in [6.45, 7) is 8.30. The summed E-state index contributed by atoms with van der Waals surface area (Å²) >= 11 is 0. The van der Waals surface area contributed by atoms with Crippen LogP contribution in [0.15, 0.2) is 35.5 Å². The van der Waals surface area contributed by atoms with Crippen molar-refractivity contribution in [3.63, 3.8) is 0 Å². The van der Waals surface area contributed by atoms with Crippen LogP contribution in [0.2, 0.25) is 0 Å². The number of rotatable bonds is 4. The van der Waals surface area contributed by atoms with Crippen molar-refractivity contribution in [2.45, 2.75) is 34.1 Å². The fraction of sp³-hybridized carbons (Fsp3) is 0.462. The molecule has 0 amide bonds. The van der Waals surface area contributed by atoms with Gasteiger partial charge in [-0.2, -0.15) is 5.26 Å². The molecule has 0 atom stereocenters. The van der Waals surface area contributed by atoms with E-state index >= 15 is 0 Å². The predicted octanol–water partition coefficient (Wildman–Crippen LogP) is 4.00. The Morgan fingerprint density at radius 1 is 1.36 bits per heavy atom. The van der Waals surface area contributed by atoms with E-state index in [4.69, 9.17) is 5.26 Å². The number of hydrogen-bond acceptors (Lipinski definition) is 1. The van der Waals surface area contributed by atoms with Crippen molar-refractivity contribution in [3.8, 4) is 6.07 Å². The van der Waals surface area contributed by atoms with E-state index < -0.39 is 0 Å². The van der Waals surface area contributed by atoms with E-state index in [9.17, 15) is 0 Å². The molecule has 0 heterocycles. The summed E-state index contributed by atoms with van der Waals surface area (Å²) in [5.41, 5.74) is 1.93.